The predicted octanol–water partition coefficient (Wildman–Crippen LogP) is 4.37. The zero-order chi connectivity index (χ0) is 20.0. The molecule has 0 atom stereocenters. The quantitative estimate of drug-likeness (QED) is 0.324. The van der Waals surface area contributed by atoms with Gasteiger partial charge in [0, 0.05) is 32.4 Å². The number of guanidine groups is 1. The van der Waals surface area contributed by atoms with Crippen LogP contribution in [0.25, 0.3) is 0 Å². The monoisotopic (exact) mass is 520 g/mol. The Kier molecular flexibility index (Phi) is 8.54. The molecule has 1 fully saturated rings. The molecule has 0 aliphatic heterocycles. The van der Waals surface area contributed by atoms with Gasteiger partial charge in [-0.25, -0.2) is 4.98 Å². The molecular weight excluding hydrogens is 496 g/mol. The average Bonchev–Trinajstić information content (AvgIpc) is 3.51. The number of aromatic nitrogens is 1. The van der Waals surface area contributed by atoms with Crippen LogP contribution < -0.4 is 15.4 Å². The highest BCUT2D eigenvalue weighted by Crippen LogP contribution is 2.29. The molecule has 9 heteroatoms. The molecular formula is C20H24F3IN4O. The molecule has 0 unspecified atom stereocenters. The summed E-state index contributed by atoms with van der Waals surface area (Å²) in [7, 11) is 1.63. The lowest BCUT2D eigenvalue weighted by atomic mass is 10.1. The lowest BCUT2D eigenvalue weighted by molar-refractivity contribution is -0.137. The third kappa shape index (κ3) is 7.71. The van der Waals surface area contributed by atoms with Gasteiger partial charge in [-0.1, -0.05) is 18.2 Å². The standard InChI is InChI=1S/C20H23F3N4O.HI/c1-24-19(26-10-14-4-7-17(8-5-14)20(21,22)23)27-12-16-6-9-18(25-11-16)28-13-15-2-3-15;/h4-9,11,15H,2-3,10,12-13H2,1H3,(H2,24,26,27);1H. The molecule has 29 heavy (non-hydrogen) atoms. The van der Waals surface area contributed by atoms with Crippen LogP contribution in [0.15, 0.2) is 47.6 Å². The van der Waals surface area contributed by atoms with Gasteiger partial charge in [-0.05, 0) is 42.0 Å². The molecule has 1 heterocycles. The van der Waals surface area contributed by atoms with Crippen LogP contribution in [0.3, 0.4) is 0 Å². The fourth-order valence-corrected chi connectivity index (χ4v) is 2.49. The van der Waals surface area contributed by atoms with Crippen LogP contribution in [0.1, 0.15) is 29.5 Å². The summed E-state index contributed by atoms with van der Waals surface area (Å²) in [6, 6.07) is 8.83. The Balaban J connectivity index is 0.00000300. The summed E-state index contributed by atoms with van der Waals surface area (Å²) in [6.07, 6.45) is -0.102. The second-order valence-electron chi connectivity index (χ2n) is 6.73. The molecule has 158 valence electrons. The Bertz CT molecular complexity index is 791. The zero-order valence-electron chi connectivity index (χ0n) is 16.0. The summed E-state index contributed by atoms with van der Waals surface area (Å²) in [5.41, 5.74) is 1.04. The molecule has 1 aromatic heterocycles. The van der Waals surface area contributed by atoms with Crippen molar-refractivity contribution < 1.29 is 17.9 Å². The largest absolute Gasteiger partial charge is 0.477 e. The molecule has 1 saturated carbocycles. The number of rotatable bonds is 7. The first-order chi connectivity index (χ1) is 13.4. The first-order valence-corrected chi connectivity index (χ1v) is 9.12. The van der Waals surface area contributed by atoms with Crippen molar-refractivity contribution in [1.29, 1.82) is 0 Å². The fourth-order valence-electron chi connectivity index (χ4n) is 2.49. The number of hydrogen-bond acceptors (Lipinski definition) is 3. The van der Waals surface area contributed by atoms with Crippen molar-refractivity contribution in [3.05, 3.63) is 59.3 Å². The third-order valence-electron chi connectivity index (χ3n) is 4.39. The highest BCUT2D eigenvalue weighted by Gasteiger charge is 2.29. The van der Waals surface area contributed by atoms with Gasteiger partial charge >= 0.3 is 6.18 Å². The van der Waals surface area contributed by atoms with E-state index in [9.17, 15) is 13.2 Å². The van der Waals surface area contributed by atoms with Gasteiger partial charge in [0.05, 0.1) is 12.2 Å². The highest BCUT2D eigenvalue weighted by atomic mass is 127. The molecule has 1 aliphatic carbocycles. The van der Waals surface area contributed by atoms with E-state index in [1.165, 1.54) is 25.0 Å². The fraction of sp³-hybridized carbons (Fsp3) is 0.400. The van der Waals surface area contributed by atoms with E-state index in [1.807, 2.05) is 12.1 Å². The molecule has 0 bridgehead atoms. The average molecular weight is 520 g/mol. The van der Waals surface area contributed by atoms with Crippen LogP contribution >= 0.6 is 24.0 Å². The molecule has 2 aromatic rings. The Morgan fingerprint density at radius 2 is 1.69 bits per heavy atom. The van der Waals surface area contributed by atoms with Crippen LogP contribution in [0.4, 0.5) is 13.2 Å². The van der Waals surface area contributed by atoms with Crippen LogP contribution in [-0.4, -0.2) is 24.6 Å². The Labute approximate surface area is 185 Å². The number of hydrogen-bond donors (Lipinski definition) is 2. The summed E-state index contributed by atoms with van der Waals surface area (Å²) in [6.45, 7) is 1.61. The lowest BCUT2D eigenvalue weighted by Crippen LogP contribution is -2.36. The molecule has 0 radical (unpaired) electrons. The maximum atomic E-state index is 12.6. The van der Waals surface area contributed by atoms with Crippen LogP contribution in [0, 0.1) is 5.92 Å². The van der Waals surface area contributed by atoms with E-state index in [2.05, 4.69) is 20.6 Å². The van der Waals surface area contributed by atoms with Gasteiger partial charge in [-0.15, -0.1) is 24.0 Å². The van der Waals surface area contributed by atoms with E-state index in [1.54, 1.807) is 13.2 Å². The normalized spacial score (nSPS) is 14.1. The molecule has 0 spiro atoms. The van der Waals surface area contributed by atoms with E-state index in [-0.39, 0.29) is 24.0 Å². The minimum Gasteiger partial charge on any atom is -0.477 e. The molecule has 2 N–H and O–H groups in total. The van der Waals surface area contributed by atoms with Crippen LogP contribution in [-0.2, 0) is 19.3 Å². The third-order valence-corrected chi connectivity index (χ3v) is 4.39. The minimum atomic E-state index is -4.32. The van der Waals surface area contributed by atoms with E-state index in [4.69, 9.17) is 4.74 Å². The topological polar surface area (TPSA) is 58.5 Å². The molecule has 0 amide bonds. The smallest absolute Gasteiger partial charge is 0.416 e. The predicted molar refractivity (Wildman–Crippen MR) is 116 cm³/mol. The molecule has 0 saturated heterocycles. The van der Waals surface area contributed by atoms with Gasteiger partial charge in [0.15, 0.2) is 5.96 Å². The van der Waals surface area contributed by atoms with Crippen molar-refractivity contribution in [3.8, 4) is 5.88 Å². The van der Waals surface area contributed by atoms with Crippen LogP contribution in [0.2, 0.25) is 0 Å². The number of ether oxygens (including phenoxy) is 1. The van der Waals surface area contributed by atoms with E-state index >= 15 is 0 Å². The van der Waals surface area contributed by atoms with E-state index < -0.39 is 11.7 Å². The maximum absolute atomic E-state index is 12.6. The van der Waals surface area contributed by atoms with Crippen molar-refractivity contribution in [1.82, 2.24) is 15.6 Å². The van der Waals surface area contributed by atoms with Gasteiger partial charge in [0.25, 0.3) is 0 Å². The van der Waals surface area contributed by atoms with Gasteiger partial charge in [0.1, 0.15) is 0 Å². The van der Waals surface area contributed by atoms with Crippen molar-refractivity contribution in [3.63, 3.8) is 0 Å². The molecule has 3 rings (SSSR count). The van der Waals surface area contributed by atoms with E-state index in [0.29, 0.717) is 30.8 Å². The molecule has 1 aromatic carbocycles. The maximum Gasteiger partial charge on any atom is 0.416 e. The highest BCUT2D eigenvalue weighted by molar-refractivity contribution is 14.0. The second kappa shape index (κ2) is 10.7. The van der Waals surface area contributed by atoms with Gasteiger partial charge in [0.2, 0.25) is 5.88 Å². The number of halogens is 4. The van der Waals surface area contributed by atoms with Gasteiger partial charge in [-0.3, -0.25) is 4.99 Å². The van der Waals surface area contributed by atoms with Crippen molar-refractivity contribution >= 4 is 29.9 Å². The Hall–Kier alpha value is -2.04. The first kappa shape index (κ1) is 23.2. The van der Waals surface area contributed by atoms with E-state index in [0.717, 1.165) is 29.9 Å². The lowest BCUT2D eigenvalue weighted by Gasteiger charge is -2.13. The van der Waals surface area contributed by atoms with Gasteiger partial charge in [-0.2, -0.15) is 13.2 Å². The number of benzene rings is 1. The number of aliphatic imine (C=N–C) groups is 1. The van der Waals surface area contributed by atoms with Crippen molar-refractivity contribution in [2.24, 2.45) is 10.9 Å². The Morgan fingerprint density at radius 1 is 1.07 bits per heavy atom. The summed E-state index contributed by atoms with van der Waals surface area (Å²) >= 11 is 0. The van der Waals surface area contributed by atoms with Gasteiger partial charge < -0.3 is 15.4 Å². The van der Waals surface area contributed by atoms with Crippen molar-refractivity contribution in [2.45, 2.75) is 32.1 Å². The number of nitrogens with one attached hydrogen (secondary N) is 2. The first-order valence-electron chi connectivity index (χ1n) is 9.12. The summed E-state index contributed by atoms with van der Waals surface area (Å²) < 4.78 is 43.4. The SMILES string of the molecule is CN=C(NCc1ccc(C(F)(F)F)cc1)NCc1ccc(OCC2CC2)nc1.I. The van der Waals surface area contributed by atoms with Crippen molar-refractivity contribution in [2.75, 3.05) is 13.7 Å². The van der Waals surface area contributed by atoms with Crippen LogP contribution in [0.5, 0.6) is 5.88 Å². The minimum absolute atomic E-state index is 0. The zero-order valence-corrected chi connectivity index (χ0v) is 18.3. The summed E-state index contributed by atoms with van der Waals surface area (Å²) in [4.78, 5) is 8.41. The molecule has 5 nitrogen and oxygen atoms in total. The summed E-state index contributed by atoms with van der Waals surface area (Å²) in [5.74, 6) is 1.86. The number of nitrogens with zero attached hydrogens (tertiary/aromatic N) is 2. The molecule has 1 aliphatic rings. The second-order valence-corrected chi connectivity index (χ2v) is 6.73. The number of pyridine rings is 1. The summed E-state index contributed by atoms with van der Waals surface area (Å²) in [5, 5.41) is 6.23. The Morgan fingerprint density at radius 3 is 2.21 bits per heavy atom. The number of alkyl halides is 3.